The number of ether oxygens (including phenoxy) is 1. The lowest BCUT2D eigenvalue weighted by molar-refractivity contribution is -0.135. The molecule has 3 heterocycles. The van der Waals surface area contributed by atoms with Crippen molar-refractivity contribution in [3.8, 4) is 17.0 Å². The SMILES string of the molecule is CN(Cc1cc(-c2cccnc2)no1)C(=O)[C@@H]1CCOc2ccccc2C1. The average Bonchev–Trinajstić information content (AvgIpc) is 3.05. The predicted molar refractivity (Wildman–Crippen MR) is 100.0 cm³/mol. The summed E-state index contributed by atoms with van der Waals surface area (Å²) in [6.07, 6.45) is 4.84. The van der Waals surface area contributed by atoms with Crippen molar-refractivity contribution in [2.45, 2.75) is 19.4 Å². The lowest BCUT2D eigenvalue weighted by Crippen LogP contribution is -2.33. The highest BCUT2D eigenvalue weighted by Gasteiger charge is 2.26. The summed E-state index contributed by atoms with van der Waals surface area (Å²) in [6, 6.07) is 13.5. The summed E-state index contributed by atoms with van der Waals surface area (Å²) in [6.45, 7) is 0.930. The third-order valence-corrected chi connectivity index (χ3v) is 4.80. The van der Waals surface area contributed by atoms with Crippen molar-refractivity contribution in [2.75, 3.05) is 13.7 Å². The van der Waals surface area contributed by atoms with Crippen molar-refractivity contribution in [3.63, 3.8) is 0 Å². The molecule has 1 atom stereocenters. The van der Waals surface area contributed by atoms with Gasteiger partial charge < -0.3 is 14.2 Å². The molecule has 6 nitrogen and oxygen atoms in total. The second-order valence-electron chi connectivity index (χ2n) is 6.76. The quantitative estimate of drug-likeness (QED) is 0.711. The maximum absolute atomic E-state index is 12.9. The Morgan fingerprint density at radius 2 is 2.15 bits per heavy atom. The van der Waals surface area contributed by atoms with Crippen LogP contribution in [0.4, 0.5) is 0 Å². The number of fused-ring (bicyclic) bond motifs is 1. The maximum atomic E-state index is 12.9. The van der Waals surface area contributed by atoms with Crippen LogP contribution in [-0.2, 0) is 17.8 Å². The van der Waals surface area contributed by atoms with Crippen LogP contribution >= 0.6 is 0 Å². The van der Waals surface area contributed by atoms with Gasteiger partial charge in [0.1, 0.15) is 11.4 Å². The minimum atomic E-state index is -0.0978. The van der Waals surface area contributed by atoms with Gasteiger partial charge >= 0.3 is 0 Å². The van der Waals surface area contributed by atoms with Gasteiger partial charge in [-0.3, -0.25) is 9.78 Å². The Kier molecular flexibility index (Phi) is 4.87. The van der Waals surface area contributed by atoms with Crippen LogP contribution in [-0.4, -0.2) is 34.6 Å². The van der Waals surface area contributed by atoms with E-state index in [-0.39, 0.29) is 11.8 Å². The summed E-state index contributed by atoms with van der Waals surface area (Å²) in [7, 11) is 1.80. The summed E-state index contributed by atoms with van der Waals surface area (Å²) in [5.41, 5.74) is 2.69. The van der Waals surface area contributed by atoms with Crippen molar-refractivity contribution in [1.82, 2.24) is 15.0 Å². The Hall–Kier alpha value is -3.15. The molecule has 0 fully saturated rings. The van der Waals surface area contributed by atoms with E-state index >= 15 is 0 Å². The van der Waals surface area contributed by atoms with Gasteiger partial charge in [-0.2, -0.15) is 0 Å². The number of para-hydroxylation sites is 1. The van der Waals surface area contributed by atoms with Gasteiger partial charge in [-0.15, -0.1) is 0 Å². The van der Waals surface area contributed by atoms with Crippen LogP contribution < -0.4 is 4.74 Å². The number of hydrogen-bond acceptors (Lipinski definition) is 5. The molecule has 1 aliphatic heterocycles. The molecule has 0 N–H and O–H groups in total. The number of hydrogen-bond donors (Lipinski definition) is 0. The van der Waals surface area contributed by atoms with Gasteiger partial charge in [0.25, 0.3) is 0 Å². The Labute approximate surface area is 157 Å². The Morgan fingerprint density at radius 1 is 1.26 bits per heavy atom. The Bertz CT molecular complexity index is 923. The number of carbonyl (C=O) groups excluding carboxylic acids is 1. The summed E-state index contributed by atoms with van der Waals surface area (Å²) in [5, 5.41) is 4.08. The molecule has 6 heteroatoms. The molecule has 0 unspecified atom stereocenters. The first-order valence-corrected chi connectivity index (χ1v) is 9.02. The molecule has 4 rings (SSSR count). The van der Waals surface area contributed by atoms with Gasteiger partial charge in [-0.25, -0.2) is 0 Å². The molecule has 0 spiro atoms. The van der Waals surface area contributed by atoms with Crippen LogP contribution in [0, 0.1) is 5.92 Å². The van der Waals surface area contributed by atoms with Gasteiger partial charge in [0.05, 0.1) is 13.2 Å². The van der Waals surface area contributed by atoms with Crippen LogP contribution in [0.5, 0.6) is 5.75 Å². The molecule has 1 aliphatic rings. The predicted octanol–water partition coefficient (Wildman–Crippen LogP) is 3.34. The van der Waals surface area contributed by atoms with Gasteiger partial charge in [0.15, 0.2) is 5.76 Å². The zero-order chi connectivity index (χ0) is 18.6. The average molecular weight is 363 g/mol. The highest BCUT2D eigenvalue weighted by molar-refractivity contribution is 5.79. The molecule has 0 aliphatic carbocycles. The largest absolute Gasteiger partial charge is 0.493 e. The number of pyridine rings is 1. The lowest BCUT2D eigenvalue weighted by atomic mass is 9.95. The second kappa shape index (κ2) is 7.61. The molecule has 0 saturated heterocycles. The van der Waals surface area contributed by atoms with Crippen LogP contribution in [0.2, 0.25) is 0 Å². The first-order valence-electron chi connectivity index (χ1n) is 9.02. The minimum absolute atomic E-state index is 0.0923. The summed E-state index contributed by atoms with van der Waals surface area (Å²) < 4.78 is 11.2. The van der Waals surface area contributed by atoms with E-state index in [1.165, 1.54) is 0 Å². The molecule has 0 radical (unpaired) electrons. The molecular formula is C21H21N3O3. The minimum Gasteiger partial charge on any atom is -0.493 e. The van der Waals surface area contributed by atoms with Crippen LogP contribution in [0.3, 0.4) is 0 Å². The molecule has 27 heavy (non-hydrogen) atoms. The molecule has 1 amide bonds. The lowest BCUT2D eigenvalue weighted by Gasteiger charge is -2.21. The molecule has 0 saturated carbocycles. The Balaban J connectivity index is 1.43. The zero-order valence-corrected chi connectivity index (χ0v) is 15.2. The fourth-order valence-electron chi connectivity index (χ4n) is 3.36. The summed E-state index contributed by atoms with van der Waals surface area (Å²) in [4.78, 5) is 18.7. The van der Waals surface area contributed by atoms with E-state index in [0.717, 1.165) is 22.6 Å². The van der Waals surface area contributed by atoms with Crippen molar-refractivity contribution in [2.24, 2.45) is 5.92 Å². The van der Waals surface area contributed by atoms with Crippen molar-refractivity contribution in [3.05, 3.63) is 66.2 Å². The highest BCUT2D eigenvalue weighted by atomic mass is 16.5. The van der Waals surface area contributed by atoms with Crippen molar-refractivity contribution in [1.29, 1.82) is 0 Å². The number of nitrogens with zero attached hydrogens (tertiary/aromatic N) is 3. The molecule has 3 aromatic rings. The number of benzene rings is 1. The number of amides is 1. The molecule has 1 aromatic carbocycles. The first kappa shape index (κ1) is 17.3. The number of carbonyl (C=O) groups is 1. The number of rotatable bonds is 4. The van der Waals surface area contributed by atoms with Crippen LogP contribution in [0.15, 0.2) is 59.4 Å². The van der Waals surface area contributed by atoms with E-state index < -0.39 is 0 Å². The Morgan fingerprint density at radius 3 is 3.00 bits per heavy atom. The highest BCUT2D eigenvalue weighted by Crippen LogP contribution is 2.28. The molecule has 0 bridgehead atoms. The van der Waals surface area contributed by atoms with Crippen LogP contribution in [0.25, 0.3) is 11.3 Å². The monoisotopic (exact) mass is 363 g/mol. The topological polar surface area (TPSA) is 68.5 Å². The second-order valence-corrected chi connectivity index (χ2v) is 6.76. The fourth-order valence-corrected chi connectivity index (χ4v) is 3.36. The summed E-state index contributed by atoms with van der Waals surface area (Å²) >= 11 is 0. The zero-order valence-electron chi connectivity index (χ0n) is 15.2. The third kappa shape index (κ3) is 3.84. The van der Waals surface area contributed by atoms with E-state index in [2.05, 4.69) is 10.1 Å². The standard InChI is InChI=1S/C21H21N3O3/c1-24(14-18-12-19(23-27-18)17-6-4-9-22-13-17)21(25)16-8-10-26-20-7-3-2-5-15(20)11-16/h2-7,9,12-13,16H,8,10-11,14H2,1H3/t16-/m1/s1. The fraction of sp³-hybridized carbons (Fsp3) is 0.286. The number of aromatic nitrogens is 2. The van der Waals surface area contributed by atoms with E-state index in [1.807, 2.05) is 42.5 Å². The van der Waals surface area contributed by atoms with Gasteiger partial charge in [-0.1, -0.05) is 23.4 Å². The van der Waals surface area contributed by atoms with Gasteiger partial charge in [0, 0.05) is 37.0 Å². The van der Waals surface area contributed by atoms with E-state index in [1.54, 1.807) is 24.3 Å². The smallest absolute Gasteiger partial charge is 0.226 e. The van der Waals surface area contributed by atoms with Crippen LogP contribution in [0.1, 0.15) is 17.7 Å². The molecule has 138 valence electrons. The first-order chi connectivity index (χ1) is 13.2. The maximum Gasteiger partial charge on any atom is 0.226 e. The van der Waals surface area contributed by atoms with E-state index in [4.69, 9.17) is 9.26 Å². The summed E-state index contributed by atoms with van der Waals surface area (Å²) in [5.74, 6) is 1.52. The van der Waals surface area contributed by atoms with Gasteiger partial charge in [-0.05, 0) is 36.6 Å². The van der Waals surface area contributed by atoms with E-state index in [0.29, 0.717) is 31.8 Å². The van der Waals surface area contributed by atoms with E-state index in [9.17, 15) is 4.79 Å². The van der Waals surface area contributed by atoms with Crippen molar-refractivity contribution >= 4 is 5.91 Å². The molecular weight excluding hydrogens is 342 g/mol. The normalized spacial score (nSPS) is 16.1. The van der Waals surface area contributed by atoms with Gasteiger partial charge in [0.2, 0.25) is 5.91 Å². The molecule has 2 aromatic heterocycles. The third-order valence-electron chi connectivity index (χ3n) is 4.80. The van der Waals surface area contributed by atoms with Crippen molar-refractivity contribution < 1.29 is 14.1 Å².